The summed E-state index contributed by atoms with van der Waals surface area (Å²) in [5.41, 5.74) is 3.14. The van der Waals surface area contributed by atoms with Gasteiger partial charge in [-0.15, -0.1) is 11.3 Å². The number of H-pyrrole nitrogens is 1. The highest BCUT2D eigenvalue weighted by molar-refractivity contribution is 9.10. The molecule has 3 heterocycles. The Hall–Kier alpha value is -2.50. The first-order chi connectivity index (χ1) is 12.2. The standard InChI is InChI=1S/C20H13BrN2OS/c21-16-7-3-6-15-14(10-9-13-5-1-2-11-22-13)18(17-8-4-12-25-17)20(24)23-19(15)16/h1-12H,(H,23,24). The Morgan fingerprint density at radius 2 is 1.96 bits per heavy atom. The number of hydrogen-bond donors (Lipinski definition) is 1. The largest absolute Gasteiger partial charge is 0.320 e. The molecular formula is C20H13BrN2OS. The van der Waals surface area contributed by atoms with Crippen LogP contribution in [-0.2, 0) is 0 Å². The van der Waals surface area contributed by atoms with E-state index in [-0.39, 0.29) is 5.56 Å². The van der Waals surface area contributed by atoms with Gasteiger partial charge in [-0.1, -0.05) is 30.3 Å². The van der Waals surface area contributed by atoms with E-state index in [9.17, 15) is 4.79 Å². The monoisotopic (exact) mass is 408 g/mol. The van der Waals surface area contributed by atoms with Gasteiger partial charge in [-0.05, 0) is 57.2 Å². The molecule has 3 nitrogen and oxygen atoms in total. The van der Waals surface area contributed by atoms with E-state index in [2.05, 4.69) is 25.9 Å². The fourth-order valence-electron chi connectivity index (χ4n) is 2.79. The number of nitrogens with zero attached hydrogens (tertiary/aromatic N) is 1. The molecule has 0 aliphatic carbocycles. The minimum absolute atomic E-state index is 0.0949. The summed E-state index contributed by atoms with van der Waals surface area (Å²) in [6.07, 6.45) is 5.67. The third kappa shape index (κ3) is 3.08. The van der Waals surface area contributed by atoms with Crippen LogP contribution in [0, 0.1) is 0 Å². The van der Waals surface area contributed by atoms with Crippen LogP contribution in [0.2, 0.25) is 0 Å². The lowest BCUT2D eigenvalue weighted by molar-refractivity contribution is 1.29. The van der Waals surface area contributed by atoms with Gasteiger partial charge in [0.25, 0.3) is 5.56 Å². The first-order valence-electron chi connectivity index (χ1n) is 7.71. The lowest BCUT2D eigenvalue weighted by Gasteiger charge is -2.09. The van der Waals surface area contributed by atoms with E-state index in [1.807, 2.05) is 66.1 Å². The number of fused-ring (bicyclic) bond motifs is 1. The number of aromatic amines is 1. The molecule has 122 valence electrons. The summed E-state index contributed by atoms with van der Waals surface area (Å²) in [5, 5.41) is 2.97. The Morgan fingerprint density at radius 3 is 2.72 bits per heavy atom. The smallest absolute Gasteiger partial charge is 0.257 e. The highest BCUT2D eigenvalue weighted by Crippen LogP contribution is 2.32. The second-order valence-electron chi connectivity index (χ2n) is 5.47. The first-order valence-corrected chi connectivity index (χ1v) is 9.39. The van der Waals surface area contributed by atoms with Crippen LogP contribution in [0.1, 0.15) is 11.3 Å². The third-order valence-electron chi connectivity index (χ3n) is 3.91. The molecule has 25 heavy (non-hydrogen) atoms. The Bertz CT molecular complexity index is 1120. The van der Waals surface area contributed by atoms with Gasteiger partial charge < -0.3 is 4.98 Å². The summed E-state index contributed by atoms with van der Waals surface area (Å²) in [6.45, 7) is 0. The Labute approximate surface area is 156 Å². The molecule has 1 N–H and O–H groups in total. The van der Waals surface area contributed by atoms with Crippen molar-refractivity contribution in [3.05, 3.63) is 86.2 Å². The normalized spacial score (nSPS) is 11.4. The quantitative estimate of drug-likeness (QED) is 0.480. The van der Waals surface area contributed by atoms with Crippen LogP contribution in [-0.4, -0.2) is 9.97 Å². The molecule has 0 amide bonds. The second kappa shape index (κ2) is 6.78. The molecule has 1 aromatic carbocycles. The SMILES string of the molecule is O=c1[nH]c2c(Br)cccc2c(C=Cc2ccccn2)c1-c1cccs1. The number of halogens is 1. The summed E-state index contributed by atoms with van der Waals surface area (Å²) in [6, 6.07) is 15.6. The van der Waals surface area contributed by atoms with Crippen molar-refractivity contribution in [2.45, 2.75) is 0 Å². The van der Waals surface area contributed by atoms with Gasteiger partial charge in [-0.2, -0.15) is 0 Å². The maximum absolute atomic E-state index is 12.8. The van der Waals surface area contributed by atoms with E-state index in [1.165, 1.54) is 0 Å². The van der Waals surface area contributed by atoms with Crippen molar-refractivity contribution in [2.24, 2.45) is 0 Å². The molecule has 4 aromatic rings. The number of benzene rings is 1. The lowest BCUT2D eigenvalue weighted by atomic mass is 10.0. The number of aromatic nitrogens is 2. The fraction of sp³-hybridized carbons (Fsp3) is 0. The fourth-order valence-corrected chi connectivity index (χ4v) is 4.04. The van der Waals surface area contributed by atoms with Crippen LogP contribution >= 0.6 is 27.3 Å². The van der Waals surface area contributed by atoms with Crippen molar-refractivity contribution in [3.63, 3.8) is 0 Å². The maximum Gasteiger partial charge on any atom is 0.257 e. The molecule has 3 aromatic heterocycles. The van der Waals surface area contributed by atoms with Gasteiger partial charge in [-0.3, -0.25) is 9.78 Å². The van der Waals surface area contributed by atoms with Crippen LogP contribution in [0.25, 0.3) is 33.5 Å². The van der Waals surface area contributed by atoms with Crippen LogP contribution in [0.5, 0.6) is 0 Å². The van der Waals surface area contributed by atoms with Gasteiger partial charge in [0.1, 0.15) is 0 Å². The van der Waals surface area contributed by atoms with E-state index < -0.39 is 0 Å². The molecule has 0 unspecified atom stereocenters. The minimum Gasteiger partial charge on any atom is -0.320 e. The summed E-state index contributed by atoms with van der Waals surface area (Å²) in [7, 11) is 0. The predicted octanol–water partition coefficient (Wildman–Crippen LogP) is 5.58. The average molecular weight is 409 g/mol. The van der Waals surface area contributed by atoms with Crippen LogP contribution in [0.3, 0.4) is 0 Å². The Balaban J connectivity index is 2.02. The minimum atomic E-state index is -0.0949. The number of pyridine rings is 2. The molecule has 0 fully saturated rings. The number of nitrogens with one attached hydrogen (secondary N) is 1. The zero-order chi connectivity index (χ0) is 17.2. The van der Waals surface area contributed by atoms with Gasteiger partial charge in [-0.25, -0.2) is 0 Å². The van der Waals surface area contributed by atoms with Crippen LogP contribution in [0.15, 0.2) is 69.4 Å². The molecule has 0 atom stereocenters. The van der Waals surface area contributed by atoms with Crippen molar-refractivity contribution >= 4 is 50.3 Å². The molecule has 4 rings (SSSR count). The van der Waals surface area contributed by atoms with Gasteiger partial charge in [0.05, 0.1) is 16.8 Å². The van der Waals surface area contributed by atoms with E-state index in [4.69, 9.17) is 0 Å². The van der Waals surface area contributed by atoms with Crippen molar-refractivity contribution in [2.75, 3.05) is 0 Å². The maximum atomic E-state index is 12.8. The lowest BCUT2D eigenvalue weighted by Crippen LogP contribution is -2.11. The Morgan fingerprint density at radius 1 is 1.04 bits per heavy atom. The molecule has 0 saturated carbocycles. The molecule has 0 bridgehead atoms. The average Bonchev–Trinajstić information content (AvgIpc) is 3.15. The van der Waals surface area contributed by atoms with Gasteiger partial charge >= 0.3 is 0 Å². The summed E-state index contributed by atoms with van der Waals surface area (Å²) >= 11 is 5.09. The van der Waals surface area contributed by atoms with Gasteiger partial charge in [0.15, 0.2) is 0 Å². The van der Waals surface area contributed by atoms with Gasteiger partial charge in [0.2, 0.25) is 0 Å². The molecule has 5 heteroatoms. The highest BCUT2D eigenvalue weighted by atomic mass is 79.9. The third-order valence-corrected chi connectivity index (χ3v) is 5.46. The van der Waals surface area contributed by atoms with E-state index in [1.54, 1.807) is 17.5 Å². The topological polar surface area (TPSA) is 45.8 Å². The molecule has 0 saturated heterocycles. The van der Waals surface area contributed by atoms with Crippen molar-refractivity contribution in [3.8, 4) is 10.4 Å². The molecule has 0 spiro atoms. The molecule has 0 aliphatic rings. The zero-order valence-electron chi connectivity index (χ0n) is 13.1. The summed E-state index contributed by atoms with van der Waals surface area (Å²) < 4.78 is 0.868. The number of hydrogen-bond acceptors (Lipinski definition) is 3. The molecule has 0 aliphatic heterocycles. The van der Waals surface area contributed by atoms with Crippen molar-refractivity contribution < 1.29 is 0 Å². The van der Waals surface area contributed by atoms with E-state index in [0.29, 0.717) is 5.56 Å². The summed E-state index contributed by atoms with van der Waals surface area (Å²) in [4.78, 5) is 21.1. The molecular weight excluding hydrogens is 396 g/mol. The molecule has 0 radical (unpaired) electrons. The predicted molar refractivity (Wildman–Crippen MR) is 109 cm³/mol. The van der Waals surface area contributed by atoms with Crippen molar-refractivity contribution in [1.82, 2.24) is 9.97 Å². The van der Waals surface area contributed by atoms with Crippen LogP contribution in [0.4, 0.5) is 0 Å². The zero-order valence-corrected chi connectivity index (χ0v) is 15.5. The highest BCUT2D eigenvalue weighted by Gasteiger charge is 2.14. The van der Waals surface area contributed by atoms with E-state index >= 15 is 0 Å². The van der Waals surface area contributed by atoms with Gasteiger partial charge in [0, 0.05) is 20.9 Å². The van der Waals surface area contributed by atoms with Crippen molar-refractivity contribution in [1.29, 1.82) is 0 Å². The second-order valence-corrected chi connectivity index (χ2v) is 7.27. The number of thiophene rings is 1. The number of para-hydroxylation sites is 1. The Kier molecular flexibility index (Phi) is 4.34. The summed E-state index contributed by atoms with van der Waals surface area (Å²) in [5.74, 6) is 0. The van der Waals surface area contributed by atoms with Crippen LogP contribution < -0.4 is 5.56 Å². The first kappa shape index (κ1) is 16.0. The van der Waals surface area contributed by atoms with E-state index in [0.717, 1.165) is 31.5 Å². The number of rotatable bonds is 3.